The summed E-state index contributed by atoms with van der Waals surface area (Å²) in [6, 6.07) is 9.90. The summed E-state index contributed by atoms with van der Waals surface area (Å²) in [5.74, 6) is 0.793. The zero-order valence-electron chi connectivity index (χ0n) is 10.0. The van der Waals surface area contributed by atoms with Crippen molar-refractivity contribution in [2.45, 2.75) is 13.5 Å². The molecule has 0 aliphatic carbocycles. The molecule has 2 N–H and O–H groups in total. The zero-order chi connectivity index (χ0) is 12.5. The summed E-state index contributed by atoms with van der Waals surface area (Å²) >= 11 is 0. The Morgan fingerprint density at radius 3 is 2.67 bits per heavy atom. The third-order valence-electron chi connectivity index (χ3n) is 2.88. The van der Waals surface area contributed by atoms with Crippen LogP contribution in [-0.2, 0) is 6.54 Å². The Morgan fingerprint density at radius 1 is 1.17 bits per heavy atom. The van der Waals surface area contributed by atoms with Crippen LogP contribution in [0.4, 0.5) is 0 Å². The number of fused-ring (bicyclic) bond motifs is 1. The second kappa shape index (κ2) is 4.19. The maximum absolute atomic E-state index is 5.58. The monoisotopic (exact) mass is 239 g/mol. The average Bonchev–Trinajstić information content (AvgIpc) is 2.81. The minimum atomic E-state index is 0.543. The smallest absolute Gasteiger partial charge is 0.169 e. The molecule has 2 aromatic heterocycles. The average molecular weight is 239 g/mol. The number of hydrogen-bond acceptors (Lipinski definition) is 4. The minimum Gasteiger partial charge on any atom is -0.326 e. The van der Waals surface area contributed by atoms with Gasteiger partial charge in [-0.1, -0.05) is 24.3 Å². The highest BCUT2D eigenvalue weighted by molar-refractivity contribution is 5.59. The summed E-state index contributed by atoms with van der Waals surface area (Å²) in [5, 5.41) is 8.35. The molecule has 0 bridgehead atoms. The number of hydrogen-bond donors (Lipinski definition) is 1. The SMILES string of the molecule is Cc1cc2nnc(-c3ccc(CN)cc3)n2cn1. The number of aromatic nitrogens is 4. The normalized spacial score (nSPS) is 11.0. The molecule has 0 saturated heterocycles. The van der Waals surface area contributed by atoms with Crippen molar-refractivity contribution in [2.75, 3.05) is 0 Å². The molecule has 0 fully saturated rings. The van der Waals surface area contributed by atoms with Gasteiger partial charge in [-0.2, -0.15) is 0 Å². The molecule has 0 amide bonds. The van der Waals surface area contributed by atoms with Gasteiger partial charge in [-0.25, -0.2) is 4.98 Å². The summed E-state index contributed by atoms with van der Waals surface area (Å²) < 4.78 is 1.88. The van der Waals surface area contributed by atoms with Gasteiger partial charge in [-0.15, -0.1) is 10.2 Å². The number of nitrogens with two attached hydrogens (primary N) is 1. The first kappa shape index (κ1) is 10.9. The topological polar surface area (TPSA) is 69.1 Å². The molecule has 5 nitrogen and oxygen atoms in total. The van der Waals surface area contributed by atoms with Crippen LogP contribution in [0.1, 0.15) is 11.3 Å². The van der Waals surface area contributed by atoms with Gasteiger partial charge in [0.2, 0.25) is 0 Å². The van der Waals surface area contributed by atoms with Crippen LogP contribution in [-0.4, -0.2) is 19.6 Å². The van der Waals surface area contributed by atoms with Crippen molar-refractivity contribution < 1.29 is 0 Å². The van der Waals surface area contributed by atoms with E-state index in [4.69, 9.17) is 5.73 Å². The molecule has 90 valence electrons. The van der Waals surface area contributed by atoms with Gasteiger partial charge in [-0.05, 0) is 12.5 Å². The lowest BCUT2D eigenvalue weighted by molar-refractivity contribution is 1.04. The molecule has 1 aromatic carbocycles. The summed E-state index contributed by atoms with van der Waals surface area (Å²) in [6.07, 6.45) is 1.75. The van der Waals surface area contributed by atoms with E-state index in [-0.39, 0.29) is 0 Å². The number of nitrogens with zero attached hydrogens (tertiary/aromatic N) is 4. The highest BCUT2D eigenvalue weighted by Crippen LogP contribution is 2.18. The van der Waals surface area contributed by atoms with E-state index in [1.165, 1.54) is 0 Å². The molecule has 0 aliphatic heterocycles. The van der Waals surface area contributed by atoms with Crippen LogP contribution in [0.25, 0.3) is 17.0 Å². The summed E-state index contributed by atoms with van der Waals surface area (Å²) in [6.45, 7) is 2.48. The predicted molar refractivity (Wildman–Crippen MR) is 68.8 cm³/mol. The van der Waals surface area contributed by atoms with Crippen LogP contribution in [0.15, 0.2) is 36.7 Å². The molecule has 0 saturated carbocycles. The molecule has 3 aromatic rings. The first-order valence-electron chi connectivity index (χ1n) is 5.74. The lowest BCUT2D eigenvalue weighted by Crippen LogP contribution is -1.96. The second-order valence-electron chi connectivity index (χ2n) is 4.18. The van der Waals surface area contributed by atoms with Crippen LogP contribution >= 0.6 is 0 Å². The van der Waals surface area contributed by atoms with Gasteiger partial charge >= 0.3 is 0 Å². The van der Waals surface area contributed by atoms with Crippen molar-refractivity contribution in [3.63, 3.8) is 0 Å². The van der Waals surface area contributed by atoms with Gasteiger partial charge in [-0.3, -0.25) is 4.40 Å². The molecule has 0 spiro atoms. The van der Waals surface area contributed by atoms with E-state index in [0.717, 1.165) is 28.3 Å². The molecular formula is C13H13N5. The molecule has 0 unspecified atom stereocenters. The Labute approximate surface area is 104 Å². The van der Waals surface area contributed by atoms with Crippen LogP contribution in [0, 0.1) is 6.92 Å². The molecule has 0 radical (unpaired) electrons. The zero-order valence-corrected chi connectivity index (χ0v) is 10.0. The van der Waals surface area contributed by atoms with Crippen molar-refractivity contribution in [2.24, 2.45) is 5.73 Å². The number of aryl methyl sites for hydroxylation is 1. The van der Waals surface area contributed by atoms with Gasteiger partial charge in [0.1, 0.15) is 6.33 Å². The Hall–Kier alpha value is -2.27. The maximum atomic E-state index is 5.58. The molecular weight excluding hydrogens is 226 g/mol. The van der Waals surface area contributed by atoms with E-state index in [1.54, 1.807) is 6.33 Å². The molecule has 0 atom stereocenters. The Kier molecular flexibility index (Phi) is 2.53. The Balaban J connectivity index is 2.13. The summed E-state index contributed by atoms with van der Waals surface area (Å²) in [4.78, 5) is 4.26. The van der Waals surface area contributed by atoms with E-state index >= 15 is 0 Å². The fraction of sp³-hybridized carbons (Fsp3) is 0.154. The van der Waals surface area contributed by atoms with Gasteiger partial charge in [0.05, 0.1) is 0 Å². The van der Waals surface area contributed by atoms with Gasteiger partial charge < -0.3 is 5.73 Å². The largest absolute Gasteiger partial charge is 0.326 e. The van der Waals surface area contributed by atoms with E-state index in [1.807, 2.05) is 41.7 Å². The van der Waals surface area contributed by atoms with E-state index < -0.39 is 0 Å². The van der Waals surface area contributed by atoms with Crippen molar-refractivity contribution >= 4 is 5.65 Å². The third-order valence-corrected chi connectivity index (χ3v) is 2.88. The quantitative estimate of drug-likeness (QED) is 0.736. The fourth-order valence-corrected chi connectivity index (χ4v) is 1.88. The molecule has 5 heteroatoms. The standard InChI is InChI=1S/C13H13N5/c1-9-6-12-16-17-13(18(12)8-15-9)11-4-2-10(7-14)3-5-11/h2-6,8H,7,14H2,1H3. The van der Waals surface area contributed by atoms with Crippen molar-refractivity contribution in [3.8, 4) is 11.4 Å². The van der Waals surface area contributed by atoms with Crippen LogP contribution < -0.4 is 5.73 Å². The fourth-order valence-electron chi connectivity index (χ4n) is 1.88. The Morgan fingerprint density at radius 2 is 1.94 bits per heavy atom. The lowest BCUT2D eigenvalue weighted by atomic mass is 10.1. The predicted octanol–water partition coefficient (Wildman–Crippen LogP) is 1.56. The van der Waals surface area contributed by atoms with Crippen LogP contribution in [0.5, 0.6) is 0 Å². The maximum Gasteiger partial charge on any atom is 0.169 e. The highest BCUT2D eigenvalue weighted by atomic mass is 15.3. The van der Waals surface area contributed by atoms with Crippen molar-refractivity contribution in [1.82, 2.24) is 19.6 Å². The van der Waals surface area contributed by atoms with Crippen molar-refractivity contribution in [1.29, 1.82) is 0 Å². The third kappa shape index (κ3) is 1.74. The number of benzene rings is 1. The second-order valence-corrected chi connectivity index (χ2v) is 4.18. The highest BCUT2D eigenvalue weighted by Gasteiger charge is 2.07. The summed E-state index contributed by atoms with van der Waals surface area (Å²) in [7, 11) is 0. The number of rotatable bonds is 2. The van der Waals surface area contributed by atoms with E-state index in [9.17, 15) is 0 Å². The molecule has 18 heavy (non-hydrogen) atoms. The van der Waals surface area contributed by atoms with Gasteiger partial charge in [0, 0.05) is 23.9 Å². The van der Waals surface area contributed by atoms with E-state index in [0.29, 0.717) is 6.54 Å². The van der Waals surface area contributed by atoms with Gasteiger partial charge in [0.15, 0.2) is 11.5 Å². The first-order chi connectivity index (χ1) is 8.78. The van der Waals surface area contributed by atoms with Crippen LogP contribution in [0.3, 0.4) is 0 Å². The lowest BCUT2D eigenvalue weighted by Gasteiger charge is -2.01. The molecule has 3 rings (SSSR count). The Bertz CT molecular complexity index is 684. The minimum absolute atomic E-state index is 0.543. The van der Waals surface area contributed by atoms with E-state index in [2.05, 4.69) is 15.2 Å². The molecule has 0 aliphatic rings. The molecule has 2 heterocycles. The first-order valence-corrected chi connectivity index (χ1v) is 5.74. The van der Waals surface area contributed by atoms with Gasteiger partial charge in [0.25, 0.3) is 0 Å². The summed E-state index contributed by atoms with van der Waals surface area (Å²) in [5.41, 5.74) is 9.42. The van der Waals surface area contributed by atoms with Crippen molar-refractivity contribution in [3.05, 3.63) is 47.9 Å². The van der Waals surface area contributed by atoms with Crippen LogP contribution in [0.2, 0.25) is 0 Å².